The lowest BCUT2D eigenvalue weighted by Crippen LogP contribution is -2.43. The third kappa shape index (κ3) is 1.85. The number of alkyl halides is 1. The Kier molecular flexibility index (Phi) is 2.51. The van der Waals surface area contributed by atoms with Crippen molar-refractivity contribution in [3.05, 3.63) is 0 Å². The fourth-order valence-corrected chi connectivity index (χ4v) is 1.35. The van der Waals surface area contributed by atoms with Gasteiger partial charge in [-0.2, -0.15) is 0 Å². The van der Waals surface area contributed by atoms with Gasteiger partial charge in [0.1, 0.15) is 6.04 Å². The molecule has 1 fully saturated rings. The molecule has 0 aromatic heterocycles. The highest BCUT2D eigenvalue weighted by Crippen LogP contribution is 2.14. The molecule has 1 heterocycles. The van der Waals surface area contributed by atoms with Gasteiger partial charge in [-0.3, -0.25) is 4.79 Å². The van der Waals surface area contributed by atoms with E-state index in [1.165, 1.54) is 0 Å². The summed E-state index contributed by atoms with van der Waals surface area (Å²) in [5.74, 6) is -0.801. The average Bonchev–Trinajstić information content (AvgIpc) is 1.88. The Hall–Kier alpha value is -0.280. The zero-order chi connectivity index (χ0) is 7.56. The summed E-state index contributed by atoms with van der Waals surface area (Å²) in [5, 5.41) is 11.4. The summed E-state index contributed by atoms with van der Waals surface area (Å²) in [6.45, 7) is 0.713. The highest BCUT2D eigenvalue weighted by atomic mass is 35.5. The van der Waals surface area contributed by atoms with Crippen molar-refractivity contribution in [2.24, 2.45) is 0 Å². The van der Waals surface area contributed by atoms with Crippen molar-refractivity contribution in [2.75, 3.05) is 6.54 Å². The van der Waals surface area contributed by atoms with Crippen LogP contribution in [0.25, 0.3) is 0 Å². The molecule has 0 radical (unpaired) electrons. The average molecular weight is 164 g/mol. The maximum Gasteiger partial charge on any atom is 0.320 e. The van der Waals surface area contributed by atoms with Crippen LogP contribution in [0.4, 0.5) is 0 Å². The van der Waals surface area contributed by atoms with E-state index in [4.69, 9.17) is 16.7 Å². The summed E-state index contributed by atoms with van der Waals surface area (Å²) in [7, 11) is 0. The number of carboxylic acid groups (broad SMARTS) is 1. The number of carbonyl (C=O) groups is 1. The molecule has 0 aliphatic carbocycles. The number of aliphatic carboxylic acids is 1. The van der Waals surface area contributed by atoms with Crippen molar-refractivity contribution in [1.29, 1.82) is 0 Å². The molecule has 4 heteroatoms. The van der Waals surface area contributed by atoms with Crippen molar-refractivity contribution in [3.8, 4) is 0 Å². The molecule has 1 saturated heterocycles. The Labute approximate surface area is 64.4 Å². The summed E-state index contributed by atoms with van der Waals surface area (Å²) in [6, 6.07) is -0.434. The van der Waals surface area contributed by atoms with E-state index in [1.54, 1.807) is 0 Å². The van der Waals surface area contributed by atoms with Crippen LogP contribution in [0.2, 0.25) is 0 Å². The second-order valence-corrected chi connectivity index (χ2v) is 3.08. The maximum atomic E-state index is 10.4. The summed E-state index contributed by atoms with van der Waals surface area (Å²) < 4.78 is 0. The van der Waals surface area contributed by atoms with E-state index in [9.17, 15) is 4.79 Å². The van der Waals surface area contributed by atoms with Crippen LogP contribution in [0.5, 0.6) is 0 Å². The van der Waals surface area contributed by atoms with Gasteiger partial charge in [0.25, 0.3) is 0 Å². The molecule has 0 bridgehead atoms. The standard InChI is InChI=1S/C6H10ClNO2/c7-4-1-2-8-5(3-4)6(9)10/h4-5,8H,1-3H2,(H,9,10). The Morgan fingerprint density at radius 1 is 1.70 bits per heavy atom. The molecule has 2 unspecified atom stereocenters. The summed E-state index contributed by atoms with van der Waals surface area (Å²) in [6.07, 6.45) is 1.40. The first-order valence-electron chi connectivity index (χ1n) is 3.30. The zero-order valence-electron chi connectivity index (χ0n) is 5.51. The van der Waals surface area contributed by atoms with Crippen molar-refractivity contribution < 1.29 is 9.90 Å². The van der Waals surface area contributed by atoms with Crippen LogP contribution < -0.4 is 5.32 Å². The molecule has 3 nitrogen and oxygen atoms in total. The number of nitrogens with one attached hydrogen (secondary N) is 1. The van der Waals surface area contributed by atoms with E-state index in [0.717, 1.165) is 6.42 Å². The maximum absolute atomic E-state index is 10.4. The molecule has 1 aliphatic heterocycles. The number of rotatable bonds is 1. The van der Waals surface area contributed by atoms with Crippen LogP contribution in [0, 0.1) is 0 Å². The van der Waals surface area contributed by atoms with Gasteiger partial charge in [0, 0.05) is 5.38 Å². The predicted molar refractivity (Wildman–Crippen MR) is 38.3 cm³/mol. The summed E-state index contributed by atoms with van der Waals surface area (Å²) in [5.41, 5.74) is 0. The molecular weight excluding hydrogens is 154 g/mol. The van der Waals surface area contributed by atoms with Crippen LogP contribution in [0.3, 0.4) is 0 Å². The molecule has 2 N–H and O–H groups in total. The van der Waals surface area contributed by atoms with Gasteiger partial charge in [0.15, 0.2) is 0 Å². The predicted octanol–water partition coefficient (Wildman–Crippen LogP) is 0.430. The minimum Gasteiger partial charge on any atom is -0.480 e. The fourth-order valence-electron chi connectivity index (χ4n) is 1.06. The van der Waals surface area contributed by atoms with Crippen molar-refractivity contribution in [3.63, 3.8) is 0 Å². The van der Waals surface area contributed by atoms with Crippen LogP contribution in [0.1, 0.15) is 12.8 Å². The number of hydrogen-bond acceptors (Lipinski definition) is 2. The van der Waals surface area contributed by atoms with E-state index >= 15 is 0 Å². The number of carboxylic acids is 1. The second-order valence-electron chi connectivity index (χ2n) is 2.47. The van der Waals surface area contributed by atoms with E-state index in [0.29, 0.717) is 13.0 Å². The fraction of sp³-hybridized carbons (Fsp3) is 0.833. The molecule has 0 aromatic carbocycles. The van der Waals surface area contributed by atoms with Crippen LogP contribution in [-0.4, -0.2) is 29.0 Å². The molecule has 0 spiro atoms. The second kappa shape index (κ2) is 3.21. The summed E-state index contributed by atoms with van der Waals surface area (Å²) >= 11 is 5.75. The normalized spacial score (nSPS) is 33.7. The van der Waals surface area contributed by atoms with Gasteiger partial charge < -0.3 is 10.4 Å². The van der Waals surface area contributed by atoms with E-state index in [-0.39, 0.29) is 5.38 Å². The van der Waals surface area contributed by atoms with Crippen molar-refractivity contribution in [1.82, 2.24) is 5.32 Å². The SMILES string of the molecule is O=C(O)C1CC(Cl)CCN1. The summed E-state index contributed by atoms with van der Waals surface area (Å²) in [4.78, 5) is 10.4. The van der Waals surface area contributed by atoms with Crippen LogP contribution in [-0.2, 0) is 4.79 Å². The largest absolute Gasteiger partial charge is 0.480 e. The minimum absolute atomic E-state index is 0.0300. The van der Waals surface area contributed by atoms with Gasteiger partial charge in [-0.1, -0.05) is 0 Å². The molecule has 0 aromatic rings. The molecular formula is C6H10ClNO2. The Bertz CT molecular complexity index is 140. The van der Waals surface area contributed by atoms with E-state index in [1.807, 2.05) is 0 Å². The topological polar surface area (TPSA) is 49.3 Å². The number of hydrogen-bond donors (Lipinski definition) is 2. The monoisotopic (exact) mass is 163 g/mol. The molecule has 1 rings (SSSR count). The van der Waals surface area contributed by atoms with Gasteiger partial charge >= 0.3 is 5.97 Å². The third-order valence-corrected chi connectivity index (χ3v) is 2.03. The Balaban J connectivity index is 2.39. The molecule has 0 amide bonds. The third-order valence-electron chi connectivity index (χ3n) is 1.64. The quantitative estimate of drug-likeness (QED) is 0.552. The first-order valence-corrected chi connectivity index (χ1v) is 3.74. The lowest BCUT2D eigenvalue weighted by molar-refractivity contribution is -0.140. The van der Waals surface area contributed by atoms with E-state index in [2.05, 4.69) is 5.32 Å². The Morgan fingerprint density at radius 3 is 2.80 bits per heavy atom. The van der Waals surface area contributed by atoms with Crippen LogP contribution >= 0.6 is 11.6 Å². The highest BCUT2D eigenvalue weighted by Gasteiger charge is 2.24. The first-order chi connectivity index (χ1) is 4.70. The van der Waals surface area contributed by atoms with Gasteiger partial charge in [-0.25, -0.2) is 0 Å². The van der Waals surface area contributed by atoms with Crippen molar-refractivity contribution in [2.45, 2.75) is 24.3 Å². The molecule has 58 valence electrons. The minimum atomic E-state index is -0.801. The molecule has 10 heavy (non-hydrogen) atoms. The number of halogens is 1. The van der Waals surface area contributed by atoms with Gasteiger partial charge in [0.2, 0.25) is 0 Å². The first kappa shape index (κ1) is 7.82. The molecule has 2 atom stereocenters. The van der Waals surface area contributed by atoms with Gasteiger partial charge in [0.05, 0.1) is 0 Å². The highest BCUT2D eigenvalue weighted by molar-refractivity contribution is 6.20. The van der Waals surface area contributed by atoms with Crippen LogP contribution in [0.15, 0.2) is 0 Å². The lowest BCUT2D eigenvalue weighted by atomic mass is 10.1. The van der Waals surface area contributed by atoms with E-state index < -0.39 is 12.0 Å². The Morgan fingerprint density at radius 2 is 2.40 bits per heavy atom. The smallest absolute Gasteiger partial charge is 0.320 e. The molecule has 0 saturated carbocycles. The molecule has 1 aliphatic rings. The zero-order valence-corrected chi connectivity index (χ0v) is 6.27. The van der Waals surface area contributed by atoms with Crippen molar-refractivity contribution >= 4 is 17.6 Å². The lowest BCUT2D eigenvalue weighted by Gasteiger charge is -2.23. The number of piperidine rings is 1. The van der Waals surface area contributed by atoms with Gasteiger partial charge in [-0.15, -0.1) is 11.6 Å². The van der Waals surface area contributed by atoms with Gasteiger partial charge in [-0.05, 0) is 19.4 Å².